The van der Waals surface area contributed by atoms with Gasteiger partial charge in [0.25, 0.3) is 11.1 Å². The molecule has 2 atom stereocenters. The molecule has 2 bridgehead atoms. The van der Waals surface area contributed by atoms with Crippen LogP contribution >= 0.6 is 22.7 Å². The van der Waals surface area contributed by atoms with E-state index in [0.29, 0.717) is 27.1 Å². The molecule has 0 radical (unpaired) electrons. The quantitative estimate of drug-likeness (QED) is 0.921. The lowest BCUT2D eigenvalue weighted by Crippen LogP contribution is -2.62. The van der Waals surface area contributed by atoms with Gasteiger partial charge in [0.05, 0.1) is 4.88 Å². The molecule has 5 heterocycles. The van der Waals surface area contributed by atoms with Crippen LogP contribution in [-0.4, -0.2) is 41.0 Å². The fourth-order valence-electron chi connectivity index (χ4n) is 3.61. The number of hydrogen-bond donors (Lipinski definition) is 1. The van der Waals surface area contributed by atoms with E-state index < -0.39 is 0 Å². The van der Waals surface area contributed by atoms with Crippen LogP contribution in [0.1, 0.15) is 29.4 Å². The van der Waals surface area contributed by atoms with E-state index in [1.807, 2.05) is 17.5 Å². The fourth-order valence-corrected chi connectivity index (χ4v) is 4.92. The van der Waals surface area contributed by atoms with Gasteiger partial charge in [-0.3, -0.25) is 9.69 Å². The van der Waals surface area contributed by atoms with Crippen LogP contribution in [0, 0.1) is 5.92 Å². The number of amides is 1. The Bertz CT molecular complexity index is 675. The predicted octanol–water partition coefficient (Wildman–Crippen LogP) is 3.21. The molecule has 3 fully saturated rings. The smallest absolute Gasteiger partial charge is 0.279 e. The number of piperidine rings is 3. The van der Waals surface area contributed by atoms with Crippen molar-refractivity contribution in [3.63, 3.8) is 0 Å². The summed E-state index contributed by atoms with van der Waals surface area (Å²) in [4.78, 5) is 19.8. The van der Waals surface area contributed by atoms with E-state index in [-0.39, 0.29) is 11.9 Å². The van der Waals surface area contributed by atoms with E-state index in [4.69, 9.17) is 4.74 Å². The first kappa shape index (κ1) is 15.1. The molecule has 1 amide bonds. The second kappa shape index (κ2) is 6.22. The number of hydrogen-bond acceptors (Lipinski definition) is 6. The summed E-state index contributed by atoms with van der Waals surface area (Å²) in [5.41, 5.74) is 0. The van der Waals surface area contributed by atoms with Crippen molar-refractivity contribution in [3.8, 4) is 10.3 Å². The van der Waals surface area contributed by atoms with Crippen LogP contribution in [0.5, 0.6) is 10.3 Å². The summed E-state index contributed by atoms with van der Waals surface area (Å²) in [6.45, 7) is 4.56. The minimum atomic E-state index is 0.00888. The summed E-state index contributed by atoms with van der Waals surface area (Å²) >= 11 is 2.81. The SMILES string of the molecule is C[C@H]1[C@H](NC(=O)c2ccc(Oc3nccs3)s2)C2CCN1CC2. The Morgan fingerprint density at radius 1 is 1.39 bits per heavy atom. The largest absolute Gasteiger partial charge is 0.420 e. The van der Waals surface area contributed by atoms with Gasteiger partial charge in [0, 0.05) is 23.7 Å². The van der Waals surface area contributed by atoms with Crippen LogP contribution in [0.25, 0.3) is 0 Å². The second-order valence-electron chi connectivity index (χ2n) is 6.13. The van der Waals surface area contributed by atoms with Gasteiger partial charge in [-0.25, -0.2) is 4.98 Å². The summed E-state index contributed by atoms with van der Waals surface area (Å²) in [5.74, 6) is 0.625. The zero-order valence-corrected chi connectivity index (χ0v) is 14.5. The molecule has 0 aromatic carbocycles. The first-order valence-corrected chi connectivity index (χ1v) is 9.62. The molecule has 0 saturated carbocycles. The molecule has 2 aromatic heterocycles. The number of nitrogens with zero attached hydrogens (tertiary/aromatic N) is 2. The van der Waals surface area contributed by atoms with E-state index >= 15 is 0 Å². The van der Waals surface area contributed by atoms with Crippen LogP contribution < -0.4 is 10.1 Å². The normalized spacial score (nSPS) is 29.4. The number of thiophene rings is 1. The molecule has 23 heavy (non-hydrogen) atoms. The van der Waals surface area contributed by atoms with Crippen LogP contribution in [0.15, 0.2) is 23.7 Å². The molecule has 3 aliphatic rings. The number of ether oxygens (including phenoxy) is 1. The van der Waals surface area contributed by atoms with E-state index in [9.17, 15) is 4.79 Å². The summed E-state index contributed by atoms with van der Waals surface area (Å²) in [6.07, 6.45) is 4.09. The maximum Gasteiger partial charge on any atom is 0.279 e. The molecule has 5 rings (SSSR count). The molecule has 1 N–H and O–H groups in total. The van der Waals surface area contributed by atoms with Gasteiger partial charge < -0.3 is 10.1 Å². The average molecular weight is 349 g/mol. The van der Waals surface area contributed by atoms with Gasteiger partial charge >= 0.3 is 0 Å². The number of thiazole rings is 1. The number of aromatic nitrogens is 1. The number of rotatable bonds is 4. The highest BCUT2D eigenvalue weighted by Crippen LogP contribution is 2.33. The Balaban J connectivity index is 1.42. The lowest BCUT2D eigenvalue weighted by atomic mass is 9.79. The van der Waals surface area contributed by atoms with Crippen molar-refractivity contribution >= 4 is 28.6 Å². The monoisotopic (exact) mass is 349 g/mol. The van der Waals surface area contributed by atoms with Crippen molar-refractivity contribution in [1.82, 2.24) is 15.2 Å². The molecular formula is C16H19N3O2S2. The summed E-state index contributed by atoms with van der Waals surface area (Å²) in [6, 6.07) is 4.35. The topological polar surface area (TPSA) is 54.5 Å². The van der Waals surface area contributed by atoms with Crippen molar-refractivity contribution in [2.45, 2.75) is 31.8 Å². The van der Waals surface area contributed by atoms with E-state index in [0.717, 1.165) is 0 Å². The Labute approximate surface area is 143 Å². The minimum absolute atomic E-state index is 0.00888. The maximum atomic E-state index is 12.6. The molecule has 0 aliphatic carbocycles. The minimum Gasteiger partial charge on any atom is -0.420 e. The Morgan fingerprint density at radius 2 is 2.22 bits per heavy atom. The van der Waals surface area contributed by atoms with Crippen LogP contribution in [-0.2, 0) is 0 Å². The Hall–Kier alpha value is -1.44. The first-order chi connectivity index (χ1) is 11.2. The standard InChI is InChI=1S/C16H19N3O2S2/c1-10-14(11-4-7-19(10)8-5-11)18-15(20)12-2-3-13(23-12)21-16-17-6-9-22-16/h2-3,6,9-11,14H,4-5,7-8H2,1H3,(H,18,20)/t10-,14-/m0/s1. The molecule has 0 unspecified atom stereocenters. The molecule has 0 spiro atoms. The van der Waals surface area contributed by atoms with E-state index in [1.54, 1.807) is 6.20 Å². The molecule has 3 saturated heterocycles. The molecule has 2 aromatic rings. The molecule has 5 nitrogen and oxygen atoms in total. The third-order valence-corrected chi connectivity index (χ3v) is 6.49. The average Bonchev–Trinajstić information content (AvgIpc) is 3.23. The zero-order valence-electron chi connectivity index (χ0n) is 12.9. The van der Waals surface area contributed by atoms with E-state index in [1.165, 1.54) is 48.6 Å². The van der Waals surface area contributed by atoms with Crippen molar-refractivity contribution in [2.75, 3.05) is 13.1 Å². The fraction of sp³-hybridized carbons (Fsp3) is 0.500. The summed E-state index contributed by atoms with van der Waals surface area (Å²) in [5, 5.41) is 6.42. The Kier molecular flexibility index (Phi) is 4.09. The number of nitrogens with one attached hydrogen (secondary N) is 1. The van der Waals surface area contributed by atoms with Crippen LogP contribution in [0.3, 0.4) is 0 Å². The van der Waals surface area contributed by atoms with E-state index in [2.05, 4.69) is 22.1 Å². The van der Waals surface area contributed by atoms with Gasteiger partial charge in [-0.2, -0.15) is 0 Å². The highest BCUT2D eigenvalue weighted by atomic mass is 32.1. The van der Waals surface area contributed by atoms with Crippen molar-refractivity contribution in [1.29, 1.82) is 0 Å². The van der Waals surface area contributed by atoms with Gasteiger partial charge in [0.2, 0.25) is 0 Å². The zero-order chi connectivity index (χ0) is 15.8. The molecule has 3 aliphatic heterocycles. The molecule has 122 valence electrons. The number of carbonyl (C=O) groups excluding carboxylic acids is 1. The summed E-state index contributed by atoms with van der Waals surface area (Å²) < 4.78 is 5.65. The van der Waals surface area contributed by atoms with Crippen LogP contribution in [0.4, 0.5) is 0 Å². The third kappa shape index (κ3) is 3.00. The molecule has 7 heteroatoms. The lowest BCUT2D eigenvalue weighted by molar-refractivity contribution is 0.0218. The first-order valence-electron chi connectivity index (χ1n) is 7.93. The van der Waals surface area contributed by atoms with Gasteiger partial charge in [0.1, 0.15) is 0 Å². The predicted molar refractivity (Wildman–Crippen MR) is 91.5 cm³/mol. The van der Waals surface area contributed by atoms with Crippen molar-refractivity contribution in [2.24, 2.45) is 5.92 Å². The highest BCUT2D eigenvalue weighted by molar-refractivity contribution is 7.16. The number of fused-ring (bicyclic) bond motifs is 3. The van der Waals surface area contributed by atoms with Crippen molar-refractivity contribution < 1.29 is 9.53 Å². The molecular weight excluding hydrogens is 330 g/mol. The maximum absolute atomic E-state index is 12.6. The van der Waals surface area contributed by atoms with Gasteiger partial charge in [-0.15, -0.1) is 0 Å². The lowest BCUT2D eigenvalue weighted by Gasteiger charge is -2.49. The van der Waals surface area contributed by atoms with Gasteiger partial charge in [-0.05, 0) is 50.9 Å². The summed E-state index contributed by atoms with van der Waals surface area (Å²) in [7, 11) is 0. The second-order valence-corrected chi connectivity index (χ2v) is 8.04. The van der Waals surface area contributed by atoms with Gasteiger partial charge in [0.15, 0.2) is 5.06 Å². The van der Waals surface area contributed by atoms with Crippen LogP contribution in [0.2, 0.25) is 0 Å². The number of carbonyl (C=O) groups is 1. The van der Waals surface area contributed by atoms with Crippen molar-refractivity contribution in [3.05, 3.63) is 28.6 Å². The Morgan fingerprint density at radius 3 is 2.91 bits per heavy atom. The van der Waals surface area contributed by atoms with Gasteiger partial charge in [-0.1, -0.05) is 22.7 Å². The highest BCUT2D eigenvalue weighted by Gasteiger charge is 2.40. The third-order valence-electron chi connectivity index (χ3n) is 4.88.